The second-order valence-corrected chi connectivity index (χ2v) is 7.15. The van der Waals surface area contributed by atoms with Crippen molar-refractivity contribution in [2.24, 2.45) is 5.92 Å². The van der Waals surface area contributed by atoms with Gasteiger partial charge in [0.2, 0.25) is 0 Å². The zero-order valence-corrected chi connectivity index (χ0v) is 13.8. The van der Waals surface area contributed by atoms with Gasteiger partial charge in [0.1, 0.15) is 0 Å². The summed E-state index contributed by atoms with van der Waals surface area (Å²) < 4.78 is 37.1. The van der Waals surface area contributed by atoms with Gasteiger partial charge in [-0.15, -0.1) is 0 Å². The van der Waals surface area contributed by atoms with E-state index in [-0.39, 0.29) is 25.2 Å². The quantitative estimate of drug-likeness (QED) is 0.916. The third kappa shape index (κ3) is 2.86. The summed E-state index contributed by atoms with van der Waals surface area (Å²) in [5.41, 5.74) is 2.34. The highest BCUT2D eigenvalue weighted by Gasteiger charge is 2.57. The number of hydrogen-bond donors (Lipinski definition) is 1. The Labute approximate surface area is 140 Å². The minimum atomic E-state index is -2.57. The standard InChI is InChI=1S/C18H23F2NO3/c1-23-16-8-14-11(2-4-21-5-3-13(22)7-15(14)21)6-17(16)24-10-12-9-18(12,19)20/h6,8,12-13,15,22H,2-5,7,9-10H2,1H3/t12-,13?,15?/m1/s1. The number of hydrogen-bond acceptors (Lipinski definition) is 4. The molecule has 1 N–H and O–H groups in total. The molecule has 1 aromatic rings. The van der Waals surface area contributed by atoms with Gasteiger partial charge in [-0.1, -0.05) is 0 Å². The summed E-state index contributed by atoms with van der Waals surface area (Å²) in [4.78, 5) is 2.40. The number of fused-ring (bicyclic) bond motifs is 3. The summed E-state index contributed by atoms with van der Waals surface area (Å²) in [7, 11) is 1.57. The molecular weight excluding hydrogens is 316 g/mol. The number of benzene rings is 1. The molecule has 2 unspecified atom stereocenters. The Morgan fingerprint density at radius 2 is 2.08 bits per heavy atom. The van der Waals surface area contributed by atoms with Gasteiger partial charge < -0.3 is 14.6 Å². The summed E-state index contributed by atoms with van der Waals surface area (Å²) in [6, 6.07) is 4.10. The molecule has 3 atom stereocenters. The van der Waals surface area contributed by atoms with Gasteiger partial charge in [-0.25, -0.2) is 8.78 Å². The van der Waals surface area contributed by atoms with E-state index in [1.165, 1.54) is 11.1 Å². The van der Waals surface area contributed by atoms with Crippen molar-refractivity contribution in [2.45, 2.75) is 43.8 Å². The average Bonchev–Trinajstić information content (AvgIpc) is 3.18. The van der Waals surface area contributed by atoms with Gasteiger partial charge in [-0.2, -0.15) is 0 Å². The number of aliphatic hydroxyl groups excluding tert-OH is 1. The first-order valence-corrected chi connectivity index (χ1v) is 8.61. The van der Waals surface area contributed by atoms with Crippen molar-refractivity contribution >= 4 is 0 Å². The monoisotopic (exact) mass is 339 g/mol. The molecule has 0 bridgehead atoms. The van der Waals surface area contributed by atoms with E-state index in [9.17, 15) is 13.9 Å². The van der Waals surface area contributed by atoms with E-state index < -0.39 is 11.8 Å². The minimum absolute atomic E-state index is 0.0242. The topological polar surface area (TPSA) is 41.9 Å². The Hall–Kier alpha value is -1.40. The van der Waals surface area contributed by atoms with E-state index in [4.69, 9.17) is 9.47 Å². The lowest BCUT2D eigenvalue weighted by atomic mass is 9.85. The predicted octanol–water partition coefficient (Wildman–Crippen LogP) is 2.78. The molecule has 2 heterocycles. The average molecular weight is 339 g/mol. The highest BCUT2D eigenvalue weighted by atomic mass is 19.3. The number of aliphatic hydroxyl groups is 1. The molecule has 0 radical (unpaired) electrons. The van der Waals surface area contributed by atoms with Crippen molar-refractivity contribution in [3.8, 4) is 11.5 Å². The van der Waals surface area contributed by atoms with E-state index >= 15 is 0 Å². The number of ether oxygens (including phenoxy) is 2. The van der Waals surface area contributed by atoms with Crippen LogP contribution in [0.1, 0.15) is 36.4 Å². The number of rotatable bonds is 4. The van der Waals surface area contributed by atoms with E-state index in [0.29, 0.717) is 11.5 Å². The van der Waals surface area contributed by atoms with Crippen LogP contribution in [0, 0.1) is 5.92 Å². The fraction of sp³-hybridized carbons (Fsp3) is 0.667. The summed E-state index contributed by atoms with van der Waals surface area (Å²) >= 11 is 0. The Balaban J connectivity index is 1.57. The van der Waals surface area contributed by atoms with Crippen LogP contribution < -0.4 is 9.47 Å². The Kier molecular flexibility index (Phi) is 3.92. The van der Waals surface area contributed by atoms with E-state index in [2.05, 4.69) is 4.90 Å². The van der Waals surface area contributed by atoms with Gasteiger partial charge in [0.15, 0.2) is 11.5 Å². The zero-order chi connectivity index (χ0) is 16.9. The maximum atomic E-state index is 13.0. The molecule has 0 amide bonds. The first-order chi connectivity index (χ1) is 11.5. The van der Waals surface area contributed by atoms with Crippen molar-refractivity contribution < 1.29 is 23.4 Å². The molecule has 0 spiro atoms. The van der Waals surface area contributed by atoms with Crippen molar-refractivity contribution in [1.29, 1.82) is 0 Å². The van der Waals surface area contributed by atoms with Crippen LogP contribution in [0.3, 0.4) is 0 Å². The molecule has 1 aromatic carbocycles. The number of piperidine rings is 1. The highest BCUT2D eigenvalue weighted by Crippen LogP contribution is 2.49. The van der Waals surface area contributed by atoms with Gasteiger partial charge in [0, 0.05) is 25.6 Å². The minimum Gasteiger partial charge on any atom is -0.493 e. The lowest BCUT2D eigenvalue weighted by Gasteiger charge is -2.42. The van der Waals surface area contributed by atoms with Gasteiger partial charge in [0.25, 0.3) is 5.92 Å². The normalized spacial score (nSPS) is 31.1. The molecule has 4 nitrogen and oxygen atoms in total. The van der Waals surface area contributed by atoms with Gasteiger partial charge in [0.05, 0.1) is 25.7 Å². The predicted molar refractivity (Wildman–Crippen MR) is 84.8 cm³/mol. The summed E-state index contributed by atoms with van der Waals surface area (Å²) in [6.07, 6.45) is 2.10. The van der Waals surface area contributed by atoms with Crippen molar-refractivity contribution in [3.63, 3.8) is 0 Å². The fourth-order valence-corrected chi connectivity index (χ4v) is 3.91. The largest absolute Gasteiger partial charge is 0.493 e. The SMILES string of the molecule is COc1cc2c(cc1OC[C@H]1CC1(F)F)CCN1CCC(O)CC21. The van der Waals surface area contributed by atoms with Gasteiger partial charge in [-0.3, -0.25) is 4.90 Å². The fourth-order valence-electron chi connectivity index (χ4n) is 3.91. The molecule has 1 aliphatic carbocycles. The molecule has 2 aliphatic heterocycles. The number of halogens is 2. The number of nitrogens with zero attached hydrogens (tertiary/aromatic N) is 1. The molecule has 0 aromatic heterocycles. The lowest BCUT2D eigenvalue weighted by molar-refractivity contribution is 0.0359. The van der Waals surface area contributed by atoms with E-state index in [1.807, 2.05) is 12.1 Å². The molecule has 132 valence electrons. The Morgan fingerprint density at radius 1 is 1.29 bits per heavy atom. The summed E-state index contributed by atoms with van der Waals surface area (Å²) in [5.74, 6) is -2.12. The van der Waals surface area contributed by atoms with Crippen molar-refractivity contribution in [1.82, 2.24) is 4.90 Å². The molecule has 3 aliphatic rings. The third-order valence-corrected chi connectivity index (χ3v) is 5.53. The van der Waals surface area contributed by atoms with Crippen LogP contribution in [0.15, 0.2) is 12.1 Å². The van der Waals surface area contributed by atoms with Crippen LogP contribution in [0.5, 0.6) is 11.5 Å². The summed E-state index contributed by atoms with van der Waals surface area (Å²) in [5, 5.41) is 10.0. The van der Waals surface area contributed by atoms with Crippen LogP contribution in [-0.2, 0) is 6.42 Å². The Morgan fingerprint density at radius 3 is 2.79 bits per heavy atom. The molecule has 4 rings (SSSR count). The smallest absolute Gasteiger partial charge is 0.255 e. The number of methoxy groups -OCH3 is 1. The molecule has 6 heteroatoms. The lowest BCUT2D eigenvalue weighted by Crippen LogP contribution is -2.42. The molecule has 24 heavy (non-hydrogen) atoms. The molecule has 2 fully saturated rings. The zero-order valence-electron chi connectivity index (χ0n) is 13.8. The van der Waals surface area contributed by atoms with Crippen LogP contribution in [-0.4, -0.2) is 48.8 Å². The maximum Gasteiger partial charge on any atom is 0.255 e. The van der Waals surface area contributed by atoms with E-state index in [0.717, 1.165) is 32.4 Å². The maximum absolute atomic E-state index is 13.0. The van der Waals surface area contributed by atoms with Crippen LogP contribution in [0.2, 0.25) is 0 Å². The third-order valence-electron chi connectivity index (χ3n) is 5.53. The van der Waals surface area contributed by atoms with Gasteiger partial charge in [-0.05, 0) is 42.5 Å². The van der Waals surface area contributed by atoms with Crippen molar-refractivity contribution in [2.75, 3.05) is 26.8 Å². The van der Waals surface area contributed by atoms with E-state index in [1.54, 1.807) is 7.11 Å². The second-order valence-electron chi connectivity index (χ2n) is 7.15. The first kappa shape index (κ1) is 16.1. The summed E-state index contributed by atoms with van der Waals surface area (Å²) in [6.45, 7) is 1.88. The van der Waals surface area contributed by atoms with Crippen LogP contribution in [0.4, 0.5) is 8.78 Å². The van der Waals surface area contributed by atoms with Crippen LogP contribution in [0.25, 0.3) is 0 Å². The number of alkyl halides is 2. The molecule has 1 saturated heterocycles. The Bertz CT molecular complexity index is 637. The first-order valence-electron chi connectivity index (χ1n) is 8.61. The van der Waals surface area contributed by atoms with Crippen LogP contribution >= 0.6 is 0 Å². The second kappa shape index (κ2) is 5.85. The van der Waals surface area contributed by atoms with Crippen molar-refractivity contribution in [3.05, 3.63) is 23.3 Å². The molecule has 1 saturated carbocycles. The highest BCUT2D eigenvalue weighted by molar-refractivity contribution is 5.49. The van der Waals surface area contributed by atoms with Gasteiger partial charge >= 0.3 is 0 Å². The molecular formula is C18H23F2NO3.